The number of nitrogens with zero attached hydrogens (tertiary/aromatic N) is 2. The van der Waals surface area contributed by atoms with Gasteiger partial charge in [0.15, 0.2) is 0 Å². The minimum absolute atomic E-state index is 0.0396. The first kappa shape index (κ1) is 10.9. The minimum Gasteiger partial charge on any atom is -0.481 e. The van der Waals surface area contributed by atoms with Gasteiger partial charge in [0, 0.05) is 13.0 Å². The van der Waals surface area contributed by atoms with Gasteiger partial charge in [-0.05, 0) is 12.1 Å². The predicted octanol–water partition coefficient (Wildman–Crippen LogP) is 1.17. The second-order valence-corrected chi connectivity index (χ2v) is 3.97. The zero-order chi connectivity index (χ0) is 11.7. The topological polar surface area (TPSA) is 70.5 Å². The van der Waals surface area contributed by atoms with E-state index in [-0.39, 0.29) is 18.9 Å². The number of anilines is 1. The van der Waals surface area contributed by atoms with E-state index >= 15 is 0 Å². The number of carboxylic acids is 1. The van der Waals surface area contributed by atoms with Gasteiger partial charge in [-0.25, -0.2) is 4.98 Å². The van der Waals surface area contributed by atoms with E-state index in [1.165, 1.54) is 11.1 Å². The second-order valence-electron chi connectivity index (χ2n) is 3.58. The third-order valence-electron chi connectivity index (χ3n) is 2.50. The van der Waals surface area contributed by atoms with Crippen molar-refractivity contribution < 1.29 is 14.7 Å². The summed E-state index contributed by atoms with van der Waals surface area (Å²) >= 11 is 5.63. The number of hydrogen-bond acceptors (Lipinski definition) is 3. The Bertz CT molecular complexity index is 432. The van der Waals surface area contributed by atoms with Crippen LogP contribution in [-0.4, -0.2) is 28.5 Å². The molecular formula is C10H9ClN2O3. The van der Waals surface area contributed by atoms with Gasteiger partial charge in [-0.15, -0.1) is 0 Å². The Morgan fingerprint density at radius 1 is 1.56 bits per heavy atom. The van der Waals surface area contributed by atoms with Gasteiger partial charge in [-0.2, -0.15) is 0 Å². The van der Waals surface area contributed by atoms with Crippen molar-refractivity contribution >= 4 is 29.2 Å². The molecule has 16 heavy (non-hydrogen) atoms. The average Bonchev–Trinajstić information content (AvgIpc) is 2.62. The third kappa shape index (κ3) is 1.99. The van der Waals surface area contributed by atoms with Gasteiger partial charge in [0.05, 0.1) is 17.8 Å². The van der Waals surface area contributed by atoms with E-state index in [9.17, 15) is 9.59 Å². The van der Waals surface area contributed by atoms with Crippen LogP contribution in [0.5, 0.6) is 0 Å². The number of halogens is 1. The Labute approximate surface area is 96.7 Å². The van der Waals surface area contributed by atoms with Gasteiger partial charge in [0.1, 0.15) is 5.15 Å². The number of rotatable bonds is 2. The molecule has 1 amide bonds. The Kier molecular flexibility index (Phi) is 2.78. The zero-order valence-corrected chi connectivity index (χ0v) is 9.02. The summed E-state index contributed by atoms with van der Waals surface area (Å²) in [5, 5.41) is 9.16. The monoisotopic (exact) mass is 240 g/mol. The SMILES string of the molecule is O=C(O)C1CC(=O)N(c2ccc(Cl)nc2)C1. The first-order valence-corrected chi connectivity index (χ1v) is 5.10. The van der Waals surface area contributed by atoms with Crippen LogP contribution >= 0.6 is 11.6 Å². The van der Waals surface area contributed by atoms with E-state index in [0.717, 1.165) is 0 Å². The molecule has 1 N–H and O–H groups in total. The summed E-state index contributed by atoms with van der Waals surface area (Å²) in [5.41, 5.74) is 0.582. The summed E-state index contributed by atoms with van der Waals surface area (Å²) < 4.78 is 0. The maximum absolute atomic E-state index is 11.6. The van der Waals surface area contributed by atoms with Crippen LogP contribution in [0.4, 0.5) is 5.69 Å². The zero-order valence-electron chi connectivity index (χ0n) is 8.26. The van der Waals surface area contributed by atoms with Crippen molar-refractivity contribution in [2.24, 2.45) is 5.92 Å². The van der Waals surface area contributed by atoms with E-state index in [1.807, 2.05) is 0 Å². The number of amides is 1. The van der Waals surface area contributed by atoms with E-state index in [2.05, 4.69) is 4.98 Å². The first-order chi connectivity index (χ1) is 7.58. The van der Waals surface area contributed by atoms with Gasteiger partial charge < -0.3 is 10.0 Å². The summed E-state index contributed by atoms with van der Waals surface area (Å²) in [6, 6.07) is 3.22. The van der Waals surface area contributed by atoms with Crippen LogP contribution in [0.3, 0.4) is 0 Å². The Morgan fingerprint density at radius 2 is 2.31 bits per heavy atom. The van der Waals surface area contributed by atoms with Crippen LogP contribution in [0.2, 0.25) is 5.15 Å². The quantitative estimate of drug-likeness (QED) is 0.788. The third-order valence-corrected chi connectivity index (χ3v) is 2.72. The second kappa shape index (κ2) is 4.09. The van der Waals surface area contributed by atoms with Crippen LogP contribution in [0, 0.1) is 5.92 Å². The number of carbonyl (C=O) groups is 2. The standard InChI is InChI=1S/C10H9ClN2O3/c11-8-2-1-7(4-12-8)13-5-6(10(15)16)3-9(13)14/h1-2,4,6H,3,5H2,(H,15,16). The molecule has 0 aliphatic carbocycles. The molecule has 1 aliphatic heterocycles. The highest BCUT2D eigenvalue weighted by molar-refractivity contribution is 6.29. The number of pyridine rings is 1. The van der Waals surface area contributed by atoms with Crippen molar-refractivity contribution in [3.63, 3.8) is 0 Å². The van der Waals surface area contributed by atoms with Gasteiger partial charge >= 0.3 is 5.97 Å². The molecule has 2 heterocycles. The van der Waals surface area contributed by atoms with Gasteiger partial charge in [0.25, 0.3) is 0 Å². The molecule has 0 bridgehead atoms. The summed E-state index contributed by atoms with van der Waals surface area (Å²) in [6.07, 6.45) is 1.50. The molecule has 0 radical (unpaired) electrons. The van der Waals surface area contributed by atoms with E-state index in [4.69, 9.17) is 16.7 Å². The van der Waals surface area contributed by atoms with Crippen LogP contribution in [0.1, 0.15) is 6.42 Å². The van der Waals surface area contributed by atoms with E-state index in [0.29, 0.717) is 10.8 Å². The van der Waals surface area contributed by atoms with Crippen LogP contribution in [-0.2, 0) is 9.59 Å². The molecule has 1 aromatic rings. The lowest BCUT2D eigenvalue weighted by molar-refractivity contribution is -0.141. The molecule has 2 rings (SSSR count). The number of hydrogen-bond donors (Lipinski definition) is 1. The van der Waals surface area contributed by atoms with Gasteiger partial charge in [-0.3, -0.25) is 9.59 Å². The molecule has 1 unspecified atom stereocenters. The maximum Gasteiger partial charge on any atom is 0.308 e. The normalized spacial score (nSPS) is 20.2. The number of aliphatic carboxylic acids is 1. The van der Waals surface area contributed by atoms with Crippen molar-refractivity contribution in [2.45, 2.75) is 6.42 Å². The molecule has 5 nitrogen and oxygen atoms in total. The summed E-state index contributed by atoms with van der Waals surface area (Å²) in [4.78, 5) is 27.6. The number of aromatic nitrogens is 1. The lowest BCUT2D eigenvalue weighted by Gasteiger charge is -2.15. The molecule has 1 fully saturated rings. The van der Waals surface area contributed by atoms with Crippen molar-refractivity contribution in [3.8, 4) is 0 Å². The fraction of sp³-hybridized carbons (Fsp3) is 0.300. The summed E-state index contributed by atoms with van der Waals surface area (Å²) in [5.74, 6) is -1.78. The molecule has 1 aliphatic rings. The fourth-order valence-corrected chi connectivity index (χ4v) is 1.76. The van der Waals surface area contributed by atoms with Crippen molar-refractivity contribution in [1.29, 1.82) is 0 Å². The largest absolute Gasteiger partial charge is 0.481 e. The van der Waals surface area contributed by atoms with Crippen molar-refractivity contribution in [3.05, 3.63) is 23.5 Å². The van der Waals surface area contributed by atoms with Crippen LogP contribution in [0.25, 0.3) is 0 Å². The minimum atomic E-state index is -0.947. The smallest absolute Gasteiger partial charge is 0.308 e. The Morgan fingerprint density at radius 3 is 2.81 bits per heavy atom. The van der Waals surface area contributed by atoms with Crippen molar-refractivity contribution in [1.82, 2.24) is 4.98 Å². The van der Waals surface area contributed by atoms with Crippen molar-refractivity contribution in [2.75, 3.05) is 11.4 Å². The lowest BCUT2D eigenvalue weighted by atomic mass is 10.1. The molecule has 1 atom stereocenters. The van der Waals surface area contributed by atoms with Crippen LogP contribution in [0.15, 0.2) is 18.3 Å². The van der Waals surface area contributed by atoms with E-state index in [1.54, 1.807) is 12.1 Å². The fourth-order valence-electron chi connectivity index (χ4n) is 1.65. The highest BCUT2D eigenvalue weighted by atomic mass is 35.5. The van der Waals surface area contributed by atoms with Gasteiger partial charge in [0.2, 0.25) is 5.91 Å². The van der Waals surface area contributed by atoms with Gasteiger partial charge in [-0.1, -0.05) is 11.6 Å². The molecule has 1 saturated heterocycles. The van der Waals surface area contributed by atoms with Crippen LogP contribution < -0.4 is 4.90 Å². The molecule has 0 aromatic carbocycles. The Hall–Kier alpha value is -1.62. The van der Waals surface area contributed by atoms with E-state index < -0.39 is 11.9 Å². The molecule has 84 valence electrons. The number of carbonyl (C=O) groups excluding carboxylic acids is 1. The average molecular weight is 241 g/mol. The lowest BCUT2D eigenvalue weighted by Crippen LogP contribution is -2.25. The maximum atomic E-state index is 11.6. The highest BCUT2D eigenvalue weighted by Gasteiger charge is 2.35. The Balaban J connectivity index is 2.20. The molecule has 6 heteroatoms. The number of carboxylic acid groups (broad SMARTS) is 1. The summed E-state index contributed by atoms with van der Waals surface area (Å²) in [6.45, 7) is 0.192. The molecule has 0 spiro atoms. The predicted molar refractivity (Wildman–Crippen MR) is 57.3 cm³/mol. The highest BCUT2D eigenvalue weighted by Crippen LogP contribution is 2.25. The summed E-state index contributed by atoms with van der Waals surface area (Å²) in [7, 11) is 0. The molecule has 1 aromatic heterocycles. The first-order valence-electron chi connectivity index (χ1n) is 4.72. The molecule has 0 saturated carbocycles. The molecular weight excluding hydrogens is 232 g/mol.